The lowest BCUT2D eigenvalue weighted by molar-refractivity contribution is 0.139. The first kappa shape index (κ1) is 16.0. The molecule has 1 nitrogen and oxygen atoms in total. The van der Waals surface area contributed by atoms with E-state index in [1.807, 2.05) is 0 Å². The van der Waals surface area contributed by atoms with Crippen LogP contribution >= 0.6 is 0 Å². The first-order valence-corrected chi connectivity index (χ1v) is 8.22. The molecule has 1 saturated heterocycles. The van der Waals surface area contributed by atoms with E-state index in [9.17, 15) is 0 Å². The van der Waals surface area contributed by atoms with Gasteiger partial charge in [-0.15, -0.1) is 0 Å². The van der Waals surface area contributed by atoms with Gasteiger partial charge in [-0.1, -0.05) is 54.4 Å². The van der Waals surface area contributed by atoms with E-state index in [4.69, 9.17) is 0 Å². The van der Waals surface area contributed by atoms with Crippen molar-refractivity contribution in [2.24, 2.45) is 29.6 Å². The molecule has 0 radical (unpaired) electrons. The first-order chi connectivity index (χ1) is 8.49. The lowest BCUT2D eigenvalue weighted by atomic mass is 9.74. The third kappa shape index (κ3) is 4.26. The van der Waals surface area contributed by atoms with Crippen LogP contribution in [0.1, 0.15) is 67.2 Å². The van der Waals surface area contributed by atoms with Crippen LogP contribution in [0.15, 0.2) is 0 Å². The average Bonchev–Trinajstić information content (AvgIpc) is 2.37. The van der Waals surface area contributed by atoms with Crippen molar-refractivity contribution in [1.29, 1.82) is 0 Å². The van der Waals surface area contributed by atoms with E-state index in [1.165, 1.54) is 32.2 Å². The van der Waals surface area contributed by atoms with Crippen LogP contribution in [-0.4, -0.2) is 12.6 Å². The molecule has 0 aromatic heterocycles. The van der Waals surface area contributed by atoms with Gasteiger partial charge < -0.3 is 5.32 Å². The molecule has 1 fully saturated rings. The zero-order valence-electron chi connectivity index (χ0n) is 13.5. The Balaban J connectivity index is 2.45. The minimum Gasteiger partial charge on any atom is -0.313 e. The molecule has 18 heavy (non-hydrogen) atoms. The number of rotatable bonds is 6. The lowest BCUT2D eigenvalue weighted by Crippen LogP contribution is -2.49. The summed E-state index contributed by atoms with van der Waals surface area (Å²) < 4.78 is 0. The van der Waals surface area contributed by atoms with Gasteiger partial charge in [0, 0.05) is 6.04 Å². The van der Waals surface area contributed by atoms with Crippen LogP contribution in [-0.2, 0) is 0 Å². The second-order valence-corrected chi connectivity index (χ2v) is 7.02. The van der Waals surface area contributed by atoms with Crippen molar-refractivity contribution in [3.63, 3.8) is 0 Å². The molecule has 6 atom stereocenters. The summed E-state index contributed by atoms with van der Waals surface area (Å²) in [6.45, 7) is 15.6. The van der Waals surface area contributed by atoms with Gasteiger partial charge in [-0.05, 0) is 49.0 Å². The molecule has 0 amide bonds. The highest BCUT2D eigenvalue weighted by atomic mass is 14.9. The van der Waals surface area contributed by atoms with Crippen LogP contribution in [0.5, 0.6) is 0 Å². The normalized spacial score (nSPS) is 34.0. The lowest BCUT2D eigenvalue weighted by Gasteiger charge is -2.41. The van der Waals surface area contributed by atoms with Crippen LogP contribution in [0.4, 0.5) is 0 Å². The van der Waals surface area contributed by atoms with Crippen molar-refractivity contribution in [3.05, 3.63) is 0 Å². The predicted octanol–water partition coefficient (Wildman–Crippen LogP) is 4.72. The van der Waals surface area contributed by atoms with E-state index in [0.717, 1.165) is 35.6 Å². The highest BCUT2D eigenvalue weighted by molar-refractivity contribution is 4.87. The molecule has 0 aromatic rings. The summed E-state index contributed by atoms with van der Waals surface area (Å²) in [7, 11) is 0. The maximum Gasteiger partial charge on any atom is 0.0118 e. The van der Waals surface area contributed by atoms with Gasteiger partial charge in [0.05, 0.1) is 0 Å². The molecule has 108 valence electrons. The smallest absolute Gasteiger partial charge is 0.0118 e. The Morgan fingerprint density at radius 2 is 1.72 bits per heavy atom. The summed E-state index contributed by atoms with van der Waals surface area (Å²) in [4.78, 5) is 0. The fourth-order valence-corrected chi connectivity index (χ4v) is 3.64. The van der Waals surface area contributed by atoms with Gasteiger partial charge in [0.25, 0.3) is 0 Å². The molecule has 1 N–H and O–H groups in total. The van der Waals surface area contributed by atoms with Crippen molar-refractivity contribution < 1.29 is 0 Å². The summed E-state index contributed by atoms with van der Waals surface area (Å²) in [5.74, 6) is 4.34. The van der Waals surface area contributed by atoms with Crippen LogP contribution in [0.2, 0.25) is 0 Å². The second kappa shape index (κ2) is 7.53. The van der Waals surface area contributed by atoms with Crippen molar-refractivity contribution in [2.45, 2.75) is 73.3 Å². The number of piperidine rings is 1. The topological polar surface area (TPSA) is 12.0 Å². The highest BCUT2D eigenvalue weighted by Crippen LogP contribution is 2.33. The van der Waals surface area contributed by atoms with Crippen LogP contribution in [0.25, 0.3) is 0 Å². The van der Waals surface area contributed by atoms with Gasteiger partial charge >= 0.3 is 0 Å². The third-order valence-electron chi connectivity index (χ3n) is 5.44. The molecule has 0 aliphatic carbocycles. The molecule has 1 heteroatoms. The van der Waals surface area contributed by atoms with E-state index in [0.29, 0.717) is 0 Å². The molecule has 0 bridgehead atoms. The van der Waals surface area contributed by atoms with Gasteiger partial charge in [0.15, 0.2) is 0 Å². The van der Waals surface area contributed by atoms with Crippen molar-refractivity contribution in [1.82, 2.24) is 5.32 Å². The predicted molar refractivity (Wildman–Crippen MR) is 81.8 cm³/mol. The summed E-state index contributed by atoms with van der Waals surface area (Å²) >= 11 is 0. The van der Waals surface area contributed by atoms with Crippen molar-refractivity contribution in [2.75, 3.05) is 6.54 Å². The second-order valence-electron chi connectivity index (χ2n) is 7.02. The summed E-state index contributed by atoms with van der Waals surface area (Å²) in [6, 6.07) is 0.752. The Bertz CT molecular complexity index is 226. The molecule has 1 rings (SSSR count). The quantitative estimate of drug-likeness (QED) is 0.722. The zero-order valence-corrected chi connectivity index (χ0v) is 13.5. The van der Waals surface area contributed by atoms with Gasteiger partial charge in [-0.2, -0.15) is 0 Å². The first-order valence-electron chi connectivity index (χ1n) is 8.22. The molecule has 1 aliphatic heterocycles. The molecule has 0 saturated carbocycles. The third-order valence-corrected chi connectivity index (χ3v) is 5.44. The SMILES string of the molecule is CCC(C)CC(C)C1CNC(C(C)CC)C(C)C1. The van der Waals surface area contributed by atoms with E-state index in [-0.39, 0.29) is 0 Å². The number of nitrogens with one attached hydrogen (secondary N) is 1. The molecule has 6 unspecified atom stereocenters. The summed E-state index contributed by atoms with van der Waals surface area (Å²) in [6.07, 6.45) is 5.47. The number of hydrogen-bond donors (Lipinski definition) is 1. The fourth-order valence-electron chi connectivity index (χ4n) is 3.64. The van der Waals surface area contributed by atoms with Crippen LogP contribution in [0.3, 0.4) is 0 Å². The minimum atomic E-state index is 0.752. The largest absolute Gasteiger partial charge is 0.313 e. The zero-order chi connectivity index (χ0) is 13.7. The maximum atomic E-state index is 3.84. The Labute approximate surface area is 115 Å². The van der Waals surface area contributed by atoms with E-state index in [1.54, 1.807) is 0 Å². The molecule has 1 heterocycles. The van der Waals surface area contributed by atoms with Gasteiger partial charge in [0.2, 0.25) is 0 Å². The van der Waals surface area contributed by atoms with Gasteiger partial charge in [-0.3, -0.25) is 0 Å². The standard InChI is InChI=1S/C17H35N/c1-7-12(3)9-14(5)16-10-15(6)17(18-11-16)13(4)8-2/h12-18H,7-11H2,1-6H3. The Hall–Kier alpha value is -0.0400. The Kier molecular flexibility index (Phi) is 6.70. The fraction of sp³-hybridized carbons (Fsp3) is 1.00. The molecule has 0 aromatic carbocycles. The maximum absolute atomic E-state index is 3.84. The molecular formula is C17H35N. The summed E-state index contributed by atoms with van der Waals surface area (Å²) in [5.41, 5.74) is 0. The Morgan fingerprint density at radius 3 is 2.22 bits per heavy atom. The monoisotopic (exact) mass is 253 g/mol. The van der Waals surface area contributed by atoms with E-state index >= 15 is 0 Å². The van der Waals surface area contributed by atoms with Gasteiger partial charge in [-0.25, -0.2) is 0 Å². The van der Waals surface area contributed by atoms with E-state index < -0.39 is 0 Å². The number of hydrogen-bond acceptors (Lipinski definition) is 1. The Morgan fingerprint density at radius 1 is 1.06 bits per heavy atom. The molecule has 1 aliphatic rings. The highest BCUT2D eigenvalue weighted by Gasteiger charge is 2.32. The average molecular weight is 253 g/mol. The van der Waals surface area contributed by atoms with Crippen LogP contribution in [0, 0.1) is 29.6 Å². The molecular weight excluding hydrogens is 218 g/mol. The van der Waals surface area contributed by atoms with Gasteiger partial charge in [0.1, 0.15) is 0 Å². The van der Waals surface area contributed by atoms with Crippen molar-refractivity contribution in [3.8, 4) is 0 Å². The van der Waals surface area contributed by atoms with Crippen molar-refractivity contribution >= 4 is 0 Å². The molecule has 0 spiro atoms. The van der Waals surface area contributed by atoms with Crippen LogP contribution < -0.4 is 5.32 Å². The summed E-state index contributed by atoms with van der Waals surface area (Å²) in [5, 5.41) is 3.84. The van der Waals surface area contributed by atoms with E-state index in [2.05, 4.69) is 46.9 Å². The minimum absolute atomic E-state index is 0.752.